The first-order valence-electron chi connectivity index (χ1n) is 9.34. The van der Waals surface area contributed by atoms with Crippen LogP contribution in [-0.2, 0) is 9.53 Å². The molecule has 2 aromatic rings. The molecule has 0 atom stereocenters. The predicted octanol–water partition coefficient (Wildman–Crippen LogP) is 3.42. The maximum absolute atomic E-state index is 11.9. The molecule has 27 heavy (non-hydrogen) atoms. The highest BCUT2D eigenvalue weighted by molar-refractivity contribution is 7.16. The zero-order valence-corrected chi connectivity index (χ0v) is 17.0. The summed E-state index contributed by atoms with van der Waals surface area (Å²) in [6.07, 6.45) is 0. The number of rotatable bonds is 7. The van der Waals surface area contributed by atoms with E-state index in [1.807, 2.05) is 45.0 Å². The van der Waals surface area contributed by atoms with Gasteiger partial charge in [0.15, 0.2) is 5.13 Å². The molecule has 1 saturated heterocycles. The van der Waals surface area contributed by atoms with E-state index < -0.39 is 0 Å². The van der Waals surface area contributed by atoms with Crippen molar-refractivity contribution < 1.29 is 14.3 Å². The number of hydrogen-bond acceptors (Lipinski definition) is 6. The summed E-state index contributed by atoms with van der Waals surface area (Å²) in [5, 5.41) is 3.52. The molecule has 3 rings (SSSR count). The molecule has 7 heteroatoms. The lowest BCUT2D eigenvalue weighted by Crippen LogP contribution is -2.38. The Balaban J connectivity index is 1.56. The number of thiazole rings is 1. The predicted molar refractivity (Wildman–Crippen MR) is 109 cm³/mol. The third kappa shape index (κ3) is 5.51. The Bertz CT molecular complexity index is 752. The van der Waals surface area contributed by atoms with Gasteiger partial charge in [-0.3, -0.25) is 9.69 Å². The highest BCUT2D eigenvalue weighted by atomic mass is 32.1. The smallest absolute Gasteiger partial charge is 0.228 e. The highest BCUT2D eigenvalue weighted by Crippen LogP contribution is 2.31. The van der Waals surface area contributed by atoms with E-state index in [4.69, 9.17) is 9.47 Å². The van der Waals surface area contributed by atoms with Crippen LogP contribution in [0.5, 0.6) is 5.75 Å². The number of benzene rings is 1. The summed E-state index contributed by atoms with van der Waals surface area (Å²) in [6, 6.07) is 7.97. The molecule has 2 heterocycles. The Morgan fingerprint density at radius 1 is 1.30 bits per heavy atom. The number of ether oxygens (including phenoxy) is 2. The summed E-state index contributed by atoms with van der Waals surface area (Å²) in [5.74, 6) is 0.777. The lowest BCUT2D eigenvalue weighted by atomic mass is 10.1. The SMILES string of the molecule is Cc1sc(NC(=O)C(C)C)nc1-c1ccc(OCCN2CCOCC2)cc1. The number of morpholine rings is 1. The number of aryl methyl sites for hydroxylation is 1. The van der Waals surface area contributed by atoms with Gasteiger partial charge < -0.3 is 14.8 Å². The Morgan fingerprint density at radius 3 is 2.67 bits per heavy atom. The van der Waals surface area contributed by atoms with Gasteiger partial charge in [-0.15, -0.1) is 11.3 Å². The number of amides is 1. The van der Waals surface area contributed by atoms with Crippen LogP contribution in [0.15, 0.2) is 24.3 Å². The fraction of sp³-hybridized carbons (Fsp3) is 0.500. The molecule has 6 nitrogen and oxygen atoms in total. The van der Waals surface area contributed by atoms with Crippen molar-refractivity contribution in [2.24, 2.45) is 5.92 Å². The van der Waals surface area contributed by atoms with E-state index in [0.717, 1.165) is 54.7 Å². The fourth-order valence-corrected chi connectivity index (χ4v) is 3.63. The van der Waals surface area contributed by atoms with Crippen molar-refractivity contribution in [1.29, 1.82) is 0 Å². The van der Waals surface area contributed by atoms with Crippen LogP contribution in [0.3, 0.4) is 0 Å². The molecule has 146 valence electrons. The number of nitrogens with one attached hydrogen (secondary N) is 1. The van der Waals surface area contributed by atoms with Crippen LogP contribution in [0, 0.1) is 12.8 Å². The third-order valence-corrected chi connectivity index (χ3v) is 5.35. The third-order valence-electron chi connectivity index (χ3n) is 4.46. The zero-order valence-electron chi connectivity index (χ0n) is 16.2. The van der Waals surface area contributed by atoms with Gasteiger partial charge in [-0.2, -0.15) is 0 Å². The average molecular weight is 390 g/mol. The summed E-state index contributed by atoms with van der Waals surface area (Å²) in [6.45, 7) is 10.9. The number of nitrogens with zero attached hydrogens (tertiary/aromatic N) is 2. The minimum absolute atomic E-state index is 0.0145. The van der Waals surface area contributed by atoms with Crippen molar-refractivity contribution in [3.05, 3.63) is 29.1 Å². The van der Waals surface area contributed by atoms with Crippen LogP contribution in [0.25, 0.3) is 11.3 Å². The molecule has 0 bridgehead atoms. The minimum Gasteiger partial charge on any atom is -0.492 e. The normalized spacial score (nSPS) is 15.1. The van der Waals surface area contributed by atoms with E-state index in [2.05, 4.69) is 15.2 Å². The first-order valence-corrected chi connectivity index (χ1v) is 10.2. The minimum atomic E-state index is -0.0634. The number of carbonyl (C=O) groups is 1. The van der Waals surface area contributed by atoms with E-state index in [1.165, 1.54) is 11.3 Å². The highest BCUT2D eigenvalue weighted by Gasteiger charge is 2.14. The molecule has 1 aliphatic rings. The second-order valence-corrected chi connectivity index (χ2v) is 8.10. The first-order chi connectivity index (χ1) is 13.0. The molecule has 1 aromatic heterocycles. The van der Waals surface area contributed by atoms with Crippen molar-refractivity contribution >= 4 is 22.4 Å². The molecule has 0 unspecified atom stereocenters. The lowest BCUT2D eigenvalue weighted by molar-refractivity contribution is -0.118. The van der Waals surface area contributed by atoms with Crippen molar-refractivity contribution in [2.45, 2.75) is 20.8 Å². The van der Waals surface area contributed by atoms with Crippen LogP contribution in [0.2, 0.25) is 0 Å². The fourth-order valence-electron chi connectivity index (χ4n) is 2.79. The molecule has 0 saturated carbocycles. The number of anilines is 1. The molecular formula is C20H27N3O3S. The molecule has 1 amide bonds. The van der Waals surface area contributed by atoms with E-state index in [0.29, 0.717) is 11.7 Å². The number of aromatic nitrogens is 1. The lowest BCUT2D eigenvalue weighted by Gasteiger charge is -2.26. The Labute approximate surface area is 164 Å². The van der Waals surface area contributed by atoms with Gasteiger partial charge >= 0.3 is 0 Å². The Morgan fingerprint density at radius 2 is 2.00 bits per heavy atom. The van der Waals surface area contributed by atoms with Crippen LogP contribution in [0.1, 0.15) is 18.7 Å². The molecule has 0 spiro atoms. The summed E-state index contributed by atoms with van der Waals surface area (Å²) in [5.41, 5.74) is 1.92. The second-order valence-electron chi connectivity index (χ2n) is 6.89. The van der Waals surface area contributed by atoms with Gasteiger partial charge in [-0.1, -0.05) is 13.8 Å². The van der Waals surface area contributed by atoms with Gasteiger partial charge in [0, 0.05) is 36.0 Å². The van der Waals surface area contributed by atoms with Gasteiger partial charge in [0.25, 0.3) is 0 Å². The van der Waals surface area contributed by atoms with Crippen molar-refractivity contribution in [3.63, 3.8) is 0 Å². The summed E-state index contributed by atoms with van der Waals surface area (Å²) < 4.78 is 11.2. The molecule has 1 fully saturated rings. The molecular weight excluding hydrogens is 362 g/mol. The maximum Gasteiger partial charge on any atom is 0.228 e. The Hall–Kier alpha value is -1.96. The maximum atomic E-state index is 11.9. The van der Waals surface area contributed by atoms with E-state index >= 15 is 0 Å². The van der Waals surface area contributed by atoms with Crippen molar-refractivity contribution in [1.82, 2.24) is 9.88 Å². The van der Waals surface area contributed by atoms with Crippen molar-refractivity contribution in [2.75, 3.05) is 44.8 Å². The van der Waals surface area contributed by atoms with Crippen LogP contribution in [0.4, 0.5) is 5.13 Å². The van der Waals surface area contributed by atoms with Crippen molar-refractivity contribution in [3.8, 4) is 17.0 Å². The quantitative estimate of drug-likeness (QED) is 0.786. The van der Waals surface area contributed by atoms with Crippen LogP contribution < -0.4 is 10.1 Å². The number of carbonyl (C=O) groups excluding carboxylic acids is 1. The van der Waals surface area contributed by atoms with Gasteiger partial charge in [0.1, 0.15) is 12.4 Å². The second kappa shape index (κ2) is 9.30. The zero-order chi connectivity index (χ0) is 19.2. The van der Waals surface area contributed by atoms with Gasteiger partial charge in [0.05, 0.1) is 18.9 Å². The summed E-state index contributed by atoms with van der Waals surface area (Å²) >= 11 is 1.50. The van der Waals surface area contributed by atoms with Gasteiger partial charge in [-0.25, -0.2) is 4.98 Å². The largest absolute Gasteiger partial charge is 0.492 e. The monoisotopic (exact) mass is 389 g/mol. The van der Waals surface area contributed by atoms with E-state index in [9.17, 15) is 4.79 Å². The molecule has 0 aliphatic carbocycles. The summed E-state index contributed by atoms with van der Waals surface area (Å²) in [7, 11) is 0. The van der Waals surface area contributed by atoms with Gasteiger partial charge in [-0.05, 0) is 31.2 Å². The van der Waals surface area contributed by atoms with Crippen LogP contribution in [-0.4, -0.2) is 55.2 Å². The first kappa shape index (κ1) is 19.8. The van der Waals surface area contributed by atoms with E-state index in [1.54, 1.807) is 0 Å². The van der Waals surface area contributed by atoms with Gasteiger partial charge in [0.2, 0.25) is 5.91 Å². The van der Waals surface area contributed by atoms with Crippen LogP contribution >= 0.6 is 11.3 Å². The molecule has 1 aromatic carbocycles. The average Bonchev–Trinajstić information content (AvgIpc) is 3.03. The molecule has 1 N–H and O–H groups in total. The summed E-state index contributed by atoms with van der Waals surface area (Å²) in [4.78, 5) is 19.9. The molecule has 0 radical (unpaired) electrons. The Kier molecular flexibility index (Phi) is 6.82. The molecule has 1 aliphatic heterocycles. The standard InChI is InChI=1S/C20H27N3O3S/c1-14(2)19(24)22-20-21-18(15(3)27-20)16-4-6-17(7-5-16)26-13-10-23-8-11-25-12-9-23/h4-7,14H,8-13H2,1-3H3,(H,21,22,24). The number of hydrogen-bond donors (Lipinski definition) is 1. The topological polar surface area (TPSA) is 63.7 Å². The van der Waals surface area contributed by atoms with E-state index in [-0.39, 0.29) is 11.8 Å².